The van der Waals surface area contributed by atoms with Gasteiger partial charge in [0.15, 0.2) is 0 Å². The quantitative estimate of drug-likeness (QED) is 0.761. The second-order valence-electron chi connectivity index (χ2n) is 5.04. The predicted molar refractivity (Wildman–Crippen MR) is 84.6 cm³/mol. The maximum Gasteiger partial charge on any atom is 0.238 e. The van der Waals surface area contributed by atoms with Gasteiger partial charge in [0, 0.05) is 22.7 Å². The molecule has 2 aromatic carbocycles. The highest BCUT2D eigenvalue weighted by molar-refractivity contribution is 7.89. The number of aryl methyl sites for hydroxylation is 1. The molecule has 0 aliphatic heterocycles. The van der Waals surface area contributed by atoms with Gasteiger partial charge in [-0.15, -0.1) is 0 Å². The van der Waals surface area contributed by atoms with Crippen LogP contribution in [0, 0.1) is 18.3 Å². The van der Waals surface area contributed by atoms with Crippen LogP contribution in [0.15, 0.2) is 47.5 Å². The number of sulfonamides is 1. The first kappa shape index (κ1) is 14.3. The number of hydrogen-bond acceptors (Lipinski definition) is 3. The van der Waals surface area contributed by atoms with E-state index in [1.165, 1.54) is 6.07 Å². The van der Waals surface area contributed by atoms with E-state index in [1.807, 2.05) is 19.1 Å². The van der Waals surface area contributed by atoms with Gasteiger partial charge in [-0.05, 0) is 18.6 Å². The van der Waals surface area contributed by atoms with Gasteiger partial charge < -0.3 is 4.98 Å². The largest absolute Gasteiger partial charge is 0.359 e. The summed E-state index contributed by atoms with van der Waals surface area (Å²) >= 11 is 0. The maximum atomic E-state index is 11.8. The molecular formula is C16H13N3O2S. The molecule has 3 aromatic rings. The average molecular weight is 311 g/mol. The number of aromatic nitrogens is 1. The number of benzene rings is 2. The van der Waals surface area contributed by atoms with Gasteiger partial charge in [-0.3, -0.25) is 0 Å². The molecule has 3 rings (SSSR count). The van der Waals surface area contributed by atoms with Crippen LogP contribution in [-0.4, -0.2) is 13.4 Å². The van der Waals surface area contributed by atoms with Crippen molar-refractivity contribution >= 4 is 20.9 Å². The van der Waals surface area contributed by atoms with E-state index >= 15 is 0 Å². The van der Waals surface area contributed by atoms with Gasteiger partial charge in [-0.25, -0.2) is 13.6 Å². The summed E-state index contributed by atoms with van der Waals surface area (Å²) in [6, 6.07) is 12.4. The van der Waals surface area contributed by atoms with E-state index in [0.29, 0.717) is 16.7 Å². The molecule has 3 N–H and O–H groups in total. The molecule has 0 fully saturated rings. The fraction of sp³-hybridized carbons (Fsp3) is 0.0625. The molecule has 22 heavy (non-hydrogen) atoms. The zero-order chi connectivity index (χ0) is 15.9. The number of fused-ring (bicyclic) bond motifs is 1. The normalized spacial score (nSPS) is 11.5. The number of hydrogen-bond donors (Lipinski definition) is 2. The Morgan fingerprint density at radius 2 is 1.86 bits per heavy atom. The van der Waals surface area contributed by atoms with Crippen LogP contribution in [0.2, 0.25) is 0 Å². The first-order valence-electron chi connectivity index (χ1n) is 6.56. The average Bonchev–Trinajstić information content (AvgIpc) is 2.92. The third kappa shape index (κ3) is 2.17. The Bertz CT molecular complexity index is 1030. The van der Waals surface area contributed by atoms with Gasteiger partial charge in [0.2, 0.25) is 10.0 Å². The molecule has 0 bridgehead atoms. The number of aromatic amines is 1. The van der Waals surface area contributed by atoms with Gasteiger partial charge in [0.25, 0.3) is 0 Å². The zero-order valence-corrected chi connectivity index (χ0v) is 12.6. The van der Waals surface area contributed by atoms with Crippen LogP contribution in [0.25, 0.3) is 22.0 Å². The Balaban J connectivity index is 2.42. The van der Waals surface area contributed by atoms with Crippen LogP contribution in [0.3, 0.4) is 0 Å². The molecule has 0 saturated carbocycles. The Kier molecular flexibility index (Phi) is 3.24. The molecule has 0 radical (unpaired) electrons. The number of primary sulfonamides is 1. The molecule has 110 valence electrons. The van der Waals surface area contributed by atoms with E-state index in [1.54, 1.807) is 24.4 Å². The Hall–Kier alpha value is -2.62. The molecular weight excluding hydrogens is 298 g/mol. The van der Waals surface area contributed by atoms with E-state index in [9.17, 15) is 13.7 Å². The van der Waals surface area contributed by atoms with Crippen molar-refractivity contribution in [2.45, 2.75) is 11.8 Å². The summed E-state index contributed by atoms with van der Waals surface area (Å²) in [5.74, 6) is 0. The summed E-state index contributed by atoms with van der Waals surface area (Å²) in [6.07, 6.45) is 1.63. The minimum absolute atomic E-state index is 0.0632. The molecule has 0 atom stereocenters. The zero-order valence-electron chi connectivity index (χ0n) is 11.8. The standard InChI is InChI=1S/C16H13N3O2S/c1-10-6-7-13(16-15(10)11(8-17)9-19-16)12-4-2-3-5-14(12)22(18,20)21/h2-7,9,19H,1H3,(H2,18,20,21). The van der Waals surface area contributed by atoms with Crippen molar-refractivity contribution in [3.05, 3.63) is 53.7 Å². The fourth-order valence-electron chi connectivity index (χ4n) is 2.67. The number of nitrogens with zero attached hydrogens (tertiary/aromatic N) is 1. The highest BCUT2D eigenvalue weighted by Gasteiger charge is 2.18. The van der Waals surface area contributed by atoms with E-state index in [-0.39, 0.29) is 4.90 Å². The number of nitrogens with one attached hydrogen (secondary N) is 1. The van der Waals surface area contributed by atoms with Crippen LogP contribution in [0.4, 0.5) is 0 Å². The molecule has 5 nitrogen and oxygen atoms in total. The van der Waals surface area contributed by atoms with Gasteiger partial charge in [0.05, 0.1) is 16.0 Å². The number of nitriles is 1. The van der Waals surface area contributed by atoms with Crippen molar-refractivity contribution in [1.29, 1.82) is 5.26 Å². The lowest BCUT2D eigenvalue weighted by Gasteiger charge is -2.10. The first-order chi connectivity index (χ1) is 10.4. The minimum Gasteiger partial charge on any atom is -0.359 e. The van der Waals surface area contributed by atoms with Gasteiger partial charge in [0.1, 0.15) is 6.07 Å². The summed E-state index contributed by atoms with van der Waals surface area (Å²) in [5, 5.41) is 15.3. The third-order valence-corrected chi connectivity index (χ3v) is 4.62. The SMILES string of the molecule is Cc1ccc(-c2ccccc2S(N)(=O)=O)c2[nH]cc(C#N)c12. The summed E-state index contributed by atoms with van der Waals surface area (Å²) in [5.41, 5.74) is 3.42. The Morgan fingerprint density at radius 1 is 1.14 bits per heavy atom. The highest BCUT2D eigenvalue weighted by atomic mass is 32.2. The maximum absolute atomic E-state index is 11.8. The molecule has 1 heterocycles. The summed E-state index contributed by atoms with van der Waals surface area (Å²) in [4.78, 5) is 3.13. The summed E-state index contributed by atoms with van der Waals surface area (Å²) in [7, 11) is -3.84. The predicted octanol–water partition coefficient (Wildman–Crippen LogP) is 2.66. The molecule has 0 unspecified atom stereocenters. The lowest BCUT2D eigenvalue weighted by atomic mass is 9.99. The number of H-pyrrole nitrogens is 1. The molecule has 0 spiro atoms. The van der Waals surface area contributed by atoms with E-state index < -0.39 is 10.0 Å². The van der Waals surface area contributed by atoms with Crippen molar-refractivity contribution < 1.29 is 8.42 Å². The van der Waals surface area contributed by atoms with E-state index in [2.05, 4.69) is 11.1 Å². The molecule has 0 saturated heterocycles. The van der Waals surface area contributed by atoms with Crippen molar-refractivity contribution in [2.24, 2.45) is 5.14 Å². The summed E-state index contributed by atoms with van der Waals surface area (Å²) in [6.45, 7) is 1.91. The first-order valence-corrected chi connectivity index (χ1v) is 8.11. The van der Waals surface area contributed by atoms with Crippen molar-refractivity contribution in [1.82, 2.24) is 4.98 Å². The lowest BCUT2D eigenvalue weighted by molar-refractivity contribution is 0.598. The van der Waals surface area contributed by atoms with Crippen molar-refractivity contribution in [2.75, 3.05) is 0 Å². The number of nitrogens with two attached hydrogens (primary N) is 1. The molecule has 6 heteroatoms. The second-order valence-corrected chi connectivity index (χ2v) is 6.57. The number of rotatable bonds is 2. The monoisotopic (exact) mass is 311 g/mol. The third-order valence-electron chi connectivity index (χ3n) is 3.65. The molecule has 0 aliphatic carbocycles. The van der Waals surface area contributed by atoms with Crippen LogP contribution >= 0.6 is 0 Å². The minimum atomic E-state index is -3.84. The van der Waals surface area contributed by atoms with Gasteiger partial charge in [-0.1, -0.05) is 30.3 Å². The van der Waals surface area contributed by atoms with Crippen molar-refractivity contribution in [3.8, 4) is 17.2 Å². The van der Waals surface area contributed by atoms with Crippen LogP contribution < -0.4 is 5.14 Å². The highest BCUT2D eigenvalue weighted by Crippen LogP contribution is 2.34. The van der Waals surface area contributed by atoms with Crippen LogP contribution in [-0.2, 0) is 10.0 Å². The smallest absolute Gasteiger partial charge is 0.238 e. The second kappa shape index (κ2) is 4.98. The lowest BCUT2D eigenvalue weighted by Crippen LogP contribution is -2.13. The van der Waals surface area contributed by atoms with Crippen LogP contribution in [0.1, 0.15) is 11.1 Å². The molecule has 0 amide bonds. The fourth-order valence-corrected chi connectivity index (χ4v) is 3.42. The van der Waals surface area contributed by atoms with Gasteiger partial charge >= 0.3 is 0 Å². The Labute approximate surface area is 128 Å². The summed E-state index contributed by atoms with van der Waals surface area (Å²) < 4.78 is 23.6. The van der Waals surface area contributed by atoms with Crippen LogP contribution in [0.5, 0.6) is 0 Å². The van der Waals surface area contributed by atoms with E-state index in [4.69, 9.17) is 5.14 Å². The molecule has 0 aliphatic rings. The van der Waals surface area contributed by atoms with E-state index in [0.717, 1.165) is 16.5 Å². The molecule has 1 aromatic heterocycles. The van der Waals surface area contributed by atoms with Crippen molar-refractivity contribution in [3.63, 3.8) is 0 Å². The topological polar surface area (TPSA) is 99.7 Å². The van der Waals surface area contributed by atoms with Gasteiger partial charge in [-0.2, -0.15) is 5.26 Å². The Morgan fingerprint density at radius 3 is 2.55 bits per heavy atom.